The van der Waals surface area contributed by atoms with Crippen LogP contribution < -0.4 is 10.2 Å². The van der Waals surface area contributed by atoms with E-state index >= 15 is 0 Å². The maximum Gasteiger partial charge on any atom is 0.321 e. The van der Waals surface area contributed by atoms with Crippen molar-refractivity contribution >= 4 is 29.1 Å². The molecule has 2 aromatic heterocycles. The summed E-state index contributed by atoms with van der Waals surface area (Å²) in [7, 11) is 0. The highest BCUT2D eigenvalue weighted by atomic mass is 35.5. The molecule has 0 bridgehead atoms. The second kappa shape index (κ2) is 8.31. The minimum Gasteiger partial charge on any atom is -0.353 e. The van der Waals surface area contributed by atoms with Gasteiger partial charge in [-0.2, -0.15) is 5.10 Å². The normalized spacial score (nSPS) is 14.1. The van der Waals surface area contributed by atoms with Crippen molar-refractivity contribution in [3.63, 3.8) is 0 Å². The number of nitrogens with zero attached hydrogens (tertiary/aromatic N) is 6. The molecule has 0 aliphatic carbocycles. The van der Waals surface area contributed by atoms with Crippen molar-refractivity contribution in [2.45, 2.75) is 20.8 Å². The fourth-order valence-electron chi connectivity index (χ4n) is 3.58. The number of hydrogen-bond donors (Lipinski definition) is 1. The molecule has 0 atom stereocenters. The molecular formula is C21H24ClN7O. The maximum absolute atomic E-state index is 12.6. The van der Waals surface area contributed by atoms with Crippen molar-refractivity contribution < 1.29 is 4.79 Å². The average molecular weight is 426 g/mol. The molecule has 2 amide bonds. The van der Waals surface area contributed by atoms with Crippen LogP contribution in [0.1, 0.15) is 17.2 Å². The minimum atomic E-state index is -0.126. The summed E-state index contributed by atoms with van der Waals surface area (Å²) in [5.41, 5.74) is 2.67. The molecule has 1 aliphatic rings. The first-order valence-electron chi connectivity index (χ1n) is 9.85. The number of amides is 2. The zero-order valence-electron chi connectivity index (χ0n) is 17.3. The van der Waals surface area contributed by atoms with Gasteiger partial charge < -0.3 is 15.1 Å². The van der Waals surface area contributed by atoms with Gasteiger partial charge in [-0.15, -0.1) is 0 Å². The number of aromatic nitrogens is 4. The van der Waals surface area contributed by atoms with Crippen LogP contribution in [0.15, 0.2) is 36.4 Å². The molecular weight excluding hydrogens is 402 g/mol. The predicted octanol–water partition coefficient (Wildman–Crippen LogP) is 3.60. The molecule has 3 heterocycles. The summed E-state index contributed by atoms with van der Waals surface area (Å²) in [5.74, 6) is 2.29. The number of rotatable bonds is 3. The smallest absolute Gasteiger partial charge is 0.321 e. The van der Waals surface area contributed by atoms with Crippen LogP contribution >= 0.6 is 11.6 Å². The average Bonchev–Trinajstić information content (AvgIpc) is 3.06. The first kappa shape index (κ1) is 20.2. The van der Waals surface area contributed by atoms with E-state index in [-0.39, 0.29) is 6.03 Å². The van der Waals surface area contributed by atoms with Gasteiger partial charge in [-0.25, -0.2) is 19.4 Å². The molecule has 1 saturated heterocycles. The van der Waals surface area contributed by atoms with E-state index in [0.29, 0.717) is 42.7 Å². The molecule has 4 rings (SSSR count). The second-order valence-electron chi connectivity index (χ2n) is 7.39. The second-order valence-corrected chi connectivity index (χ2v) is 7.82. The molecule has 1 fully saturated rings. The Balaban J connectivity index is 1.44. The standard InChI is InChI=1S/C21H24ClN7O/c1-14-11-15(2)29(26-14)20-13-19(23-16(3)24-20)27-7-9-28(10-8-27)21(30)25-18-6-4-5-17(22)12-18/h4-6,11-13H,7-10H2,1-3H3,(H,25,30). The van der Waals surface area contributed by atoms with Crippen LogP contribution in [-0.4, -0.2) is 56.9 Å². The Bertz CT molecular complexity index is 1070. The van der Waals surface area contributed by atoms with Crippen molar-refractivity contribution in [1.29, 1.82) is 0 Å². The van der Waals surface area contributed by atoms with E-state index in [1.54, 1.807) is 17.0 Å². The largest absolute Gasteiger partial charge is 0.353 e. The third-order valence-electron chi connectivity index (χ3n) is 5.00. The number of piperazine rings is 1. The number of carbonyl (C=O) groups excluding carboxylic acids is 1. The molecule has 0 unspecified atom stereocenters. The summed E-state index contributed by atoms with van der Waals surface area (Å²) < 4.78 is 1.84. The van der Waals surface area contributed by atoms with Crippen LogP contribution in [0.4, 0.5) is 16.3 Å². The first-order valence-corrected chi connectivity index (χ1v) is 10.2. The molecule has 156 valence electrons. The Morgan fingerprint density at radius 2 is 1.73 bits per heavy atom. The van der Waals surface area contributed by atoms with E-state index in [2.05, 4.69) is 25.3 Å². The van der Waals surface area contributed by atoms with Gasteiger partial charge >= 0.3 is 6.03 Å². The van der Waals surface area contributed by atoms with Gasteiger partial charge in [0.2, 0.25) is 0 Å². The van der Waals surface area contributed by atoms with Gasteiger partial charge in [-0.3, -0.25) is 0 Å². The molecule has 1 N–H and O–H groups in total. The number of aryl methyl sites for hydroxylation is 3. The first-order chi connectivity index (χ1) is 14.4. The molecule has 0 spiro atoms. The minimum absolute atomic E-state index is 0.126. The highest BCUT2D eigenvalue weighted by Crippen LogP contribution is 2.20. The summed E-state index contributed by atoms with van der Waals surface area (Å²) in [5, 5.41) is 8.02. The quantitative estimate of drug-likeness (QED) is 0.693. The third-order valence-corrected chi connectivity index (χ3v) is 5.24. The number of carbonyl (C=O) groups is 1. The molecule has 3 aromatic rings. The molecule has 30 heavy (non-hydrogen) atoms. The van der Waals surface area contributed by atoms with Crippen LogP contribution in [0.5, 0.6) is 0 Å². The topological polar surface area (TPSA) is 79.2 Å². The highest BCUT2D eigenvalue weighted by Gasteiger charge is 2.23. The van der Waals surface area contributed by atoms with Gasteiger partial charge in [0.15, 0.2) is 5.82 Å². The van der Waals surface area contributed by atoms with Crippen molar-refractivity contribution in [2.24, 2.45) is 0 Å². The van der Waals surface area contributed by atoms with Crippen molar-refractivity contribution in [1.82, 2.24) is 24.6 Å². The fraction of sp³-hybridized carbons (Fsp3) is 0.333. The monoisotopic (exact) mass is 425 g/mol. The van der Waals surface area contributed by atoms with Crippen LogP contribution in [0.2, 0.25) is 5.02 Å². The van der Waals surface area contributed by atoms with Crippen molar-refractivity contribution in [3.8, 4) is 5.82 Å². The number of urea groups is 1. The van der Waals surface area contributed by atoms with E-state index in [1.807, 2.05) is 49.7 Å². The lowest BCUT2D eigenvalue weighted by molar-refractivity contribution is 0.208. The van der Waals surface area contributed by atoms with Gasteiger partial charge in [-0.1, -0.05) is 17.7 Å². The summed E-state index contributed by atoms with van der Waals surface area (Å²) in [6.07, 6.45) is 0. The number of halogens is 1. The number of nitrogens with one attached hydrogen (secondary N) is 1. The van der Waals surface area contributed by atoms with E-state index in [9.17, 15) is 4.79 Å². The van der Waals surface area contributed by atoms with Gasteiger partial charge in [0.1, 0.15) is 11.6 Å². The number of hydrogen-bond acceptors (Lipinski definition) is 5. The molecule has 0 radical (unpaired) electrons. The van der Waals surface area contributed by atoms with Gasteiger partial charge in [0, 0.05) is 48.6 Å². The fourth-order valence-corrected chi connectivity index (χ4v) is 3.77. The van der Waals surface area contributed by atoms with Crippen LogP contribution in [0, 0.1) is 20.8 Å². The number of anilines is 2. The highest BCUT2D eigenvalue weighted by molar-refractivity contribution is 6.30. The summed E-state index contributed by atoms with van der Waals surface area (Å²) in [6.45, 7) is 8.44. The van der Waals surface area contributed by atoms with Crippen LogP contribution in [0.3, 0.4) is 0 Å². The Labute approximate surface area is 180 Å². The third kappa shape index (κ3) is 4.38. The van der Waals surface area contributed by atoms with Crippen molar-refractivity contribution in [2.75, 3.05) is 36.4 Å². The van der Waals surface area contributed by atoms with Crippen LogP contribution in [-0.2, 0) is 0 Å². The lowest BCUT2D eigenvalue weighted by atomic mass is 10.3. The Morgan fingerprint density at radius 1 is 1.00 bits per heavy atom. The predicted molar refractivity (Wildman–Crippen MR) is 118 cm³/mol. The molecule has 8 nitrogen and oxygen atoms in total. The SMILES string of the molecule is Cc1cc(C)n(-c2cc(N3CCN(C(=O)Nc4cccc(Cl)c4)CC3)nc(C)n2)n1. The molecule has 0 saturated carbocycles. The lowest BCUT2D eigenvalue weighted by Crippen LogP contribution is -2.50. The van der Waals surface area contributed by atoms with E-state index in [4.69, 9.17) is 11.6 Å². The molecule has 1 aliphatic heterocycles. The van der Waals surface area contributed by atoms with Gasteiger partial charge in [0.25, 0.3) is 0 Å². The maximum atomic E-state index is 12.6. The Morgan fingerprint density at radius 3 is 2.40 bits per heavy atom. The summed E-state index contributed by atoms with van der Waals surface area (Å²) in [6, 6.07) is 11.0. The number of benzene rings is 1. The van der Waals surface area contributed by atoms with Gasteiger partial charge in [0.05, 0.1) is 5.69 Å². The zero-order chi connectivity index (χ0) is 21.3. The lowest BCUT2D eigenvalue weighted by Gasteiger charge is -2.35. The van der Waals surface area contributed by atoms with E-state index in [0.717, 1.165) is 23.0 Å². The molecule has 1 aromatic carbocycles. The zero-order valence-corrected chi connectivity index (χ0v) is 18.0. The van der Waals surface area contributed by atoms with Crippen molar-refractivity contribution in [3.05, 3.63) is 58.6 Å². The molecule has 9 heteroatoms. The van der Waals surface area contributed by atoms with Crippen LogP contribution in [0.25, 0.3) is 5.82 Å². The van der Waals surface area contributed by atoms with Gasteiger partial charge in [-0.05, 0) is 45.0 Å². The Hall–Kier alpha value is -3.13. The summed E-state index contributed by atoms with van der Waals surface area (Å²) >= 11 is 5.99. The summed E-state index contributed by atoms with van der Waals surface area (Å²) in [4.78, 5) is 25.7. The van der Waals surface area contributed by atoms with E-state index < -0.39 is 0 Å². The Kier molecular flexibility index (Phi) is 5.59. The van der Waals surface area contributed by atoms with E-state index in [1.165, 1.54) is 0 Å².